The summed E-state index contributed by atoms with van der Waals surface area (Å²) >= 11 is 0. The summed E-state index contributed by atoms with van der Waals surface area (Å²) in [6.45, 7) is 3.28. The van der Waals surface area contributed by atoms with Gasteiger partial charge < -0.3 is 39.9 Å². The number of phosphoric acid groups is 1. The van der Waals surface area contributed by atoms with E-state index in [-0.39, 0.29) is 12.8 Å². The van der Waals surface area contributed by atoms with Crippen molar-refractivity contribution in [2.75, 3.05) is 13.2 Å². The number of aliphatic hydroxyl groups is 5. The van der Waals surface area contributed by atoms with Crippen LogP contribution < -0.4 is 0 Å². The van der Waals surface area contributed by atoms with Crippen molar-refractivity contribution in [1.82, 2.24) is 0 Å². The second-order valence-electron chi connectivity index (χ2n) is 18.0. The Morgan fingerprint density at radius 3 is 1.29 bits per heavy atom. The van der Waals surface area contributed by atoms with Crippen molar-refractivity contribution in [1.29, 1.82) is 0 Å². The van der Waals surface area contributed by atoms with Crippen LogP contribution in [0.2, 0.25) is 0 Å². The molecular weight excluding hydrogens is 864 g/mol. The molecule has 384 valence electrons. The van der Waals surface area contributed by atoms with E-state index < -0.39 is 75.7 Å². The molecule has 1 fully saturated rings. The van der Waals surface area contributed by atoms with Gasteiger partial charge in [-0.1, -0.05) is 197 Å². The largest absolute Gasteiger partial charge is 0.472 e. The Hall–Kier alpha value is -2.19. The number of hydrogen-bond donors (Lipinski definition) is 6. The fourth-order valence-corrected chi connectivity index (χ4v) is 8.72. The van der Waals surface area contributed by atoms with Crippen molar-refractivity contribution in [3.05, 3.63) is 48.6 Å². The van der Waals surface area contributed by atoms with Crippen LogP contribution in [-0.4, -0.2) is 98.3 Å². The van der Waals surface area contributed by atoms with E-state index in [2.05, 4.69) is 50.3 Å². The Morgan fingerprint density at radius 1 is 0.470 bits per heavy atom. The van der Waals surface area contributed by atoms with Crippen molar-refractivity contribution in [3.63, 3.8) is 0 Å². The average Bonchev–Trinajstić information content (AvgIpc) is 3.30. The van der Waals surface area contributed by atoms with Crippen LogP contribution in [0.4, 0.5) is 0 Å². The van der Waals surface area contributed by atoms with E-state index in [0.29, 0.717) is 19.3 Å². The monoisotopic (exact) mass is 957 g/mol. The molecule has 1 rings (SSSR count). The summed E-state index contributed by atoms with van der Waals surface area (Å²) in [5.74, 6) is -1.16. The van der Waals surface area contributed by atoms with Gasteiger partial charge in [-0.2, -0.15) is 0 Å². The number of aliphatic hydroxyl groups excluding tert-OH is 5. The Bertz CT molecular complexity index is 1340. The smallest absolute Gasteiger partial charge is 0.462 e. The number of phosphoric ester groups is 1. The van der Waals surface area contributed by atoms with Gasteiger partial charge in [-0.15, -0.1) is 0 Å². The molecule has 0 aromatic rings. The number of unbranched alkanes of at least 4 members (excludes halogenated alkanes) is 23. The van der Waals surface area contributed by atoms with E-state index in [1.54, 1.807) is 0 Å². The average molecular weight is 957 g/mol. The van der Waals surface area contributed by atoms with Crippen LogP contribution in [0.15, 0.2) is 48.6 Å². The molecule has 6 N–H and O–H groups in total. The molecule has 0 saturated heterocycles. The van der Waals surface area contributed by atoms with Crippen LogP contribution >= 0.6 is 7.82 Å². The summed E-state index contributed by atoms with van der Waals surface area (Å²) in [6.07, 6.45) is 37.4. The maximum absolute atomic E-state index is 12.8. The van der Waals surface area contributed by atoms with Gasteiger partial charge in [0.15, 0.2) is 6.10 Å². The highest BCUT2D eigenvalue weighted by Gasteiger charge is 2.51. The van der Waals surface area contributed by atoms with Crippen LogP contribution in [0.25, 0.3) is 0 Å². The molecule has 1 aliphatic rings. The third kappa shape index (κ3) is 33.3. The van der Waals surface area contributed by atoms with Crippen molar-refractivity contribution < 1.29 is 63.1 Å². The Kier molecular flexibility index (Phi) is 39.1. The van der Waals surface area contributed by atoms with Crippen LogP contribution in [-0.2, 0) is 32.7 Å². The van der Waals surface area contributed by atoms with Crippen molar-refractivity contribution >= 4 is 19.8 Å². The maximum atomic E-state index is 12.8. The highest BCUT2D eigenvalue weighted by molar-refractivity contribution is 7.47. The third-order valence-corrected chi connectivity index (χ3v) is 12.9. The van der Waals surface area contributed by atoms with Crippen LogP contribution in [0.1, 0.15) is 213 Å². The molecule has 66 heavy (non-hydrogen) atoms. The van der Waals surface area contributed by atoms with Gasteiger partial charge in [-0.3, -0.25) is 18.6 Å². The molecule has 8 atom stereocenters. The Morgan fingerprint density at radius 2 is 0.833 bits per heavy atom. The third-order valence-electron chi connectivity index (χ3n) is 11.9. The zero-order chi connectivity index (χ0) is 48.5. The molecular formula is C52H93O13P. The normalized spacial score (nSPS) is 21.6. The number of hydrogen-bond acceptors (Lipinski definition) is 12. The minimum absolute atomic E-state index is 0.0218. The number of ether oxygens (including phenoxy) is 2. The van der Waals surface area contributed by atoms with Crippen LogP contribution in [0, 0.1) is 0 Å². The standard InChI is InChI=1S/C52H93O13P/c1-3-5-7-9-11-13-15-17-19-21-22-23-24-25-27-29-31-33-35-37-39-41-46(54)64-44(43-63-66(60,61)65-52-50(58)48(56)47(55)49(57)51(52)59)42-62-45(53)40-38-36-34-32-30-28-26-20-18-16-14-12-10-8-6-4-2/h19,21,23-24,27,29,33,35,44,47-52,55-59H,3-18,20,22,25-26,28,30-32,34,36-43H2,1-2H3,(H,60,61)/b21-19+,24-23+,29-27+,35-33+/t44-,47?,48-,49?,50?,51?,52?/m1/s1. The van der Waals surface area contributed by atoms with Crippen molar-refractivity contribution in [2.45, 2.75) is 256 Å². The lowest BCUT2D eigenvalue weighted by Crippen LogP contribution is -2.64. The lowest BCUT2D eigenvalue weighted by molar-refractivity contribution is -0.220. The van der Waals surface area contributed by atoms with Crippen molar-refractivity contribution in [3.8, 4) is 0 Å². The fourth-order valence-electron chi connectivity index (χ4n) is 7.75. The number of rotatable bonds is 43. The highest BCUT2D eigenvalue weighted by Crippen LogP contribution is 2.47. The van der Waals surface area contributed by atoms with E-state index in [0.717, 1.165) is 44.9 Å². The van der Waals surface area contributed by atoms with Crippen LogP contribution in [0.3, 0.4) is 0 Å². The summed E-state index contributed by atoms with van der Waals surface area (Å²) in [5.41, 5.74) is 0. The van der Waals surface area contributed by atoms with Gasteiger partial charge >= 0.3 is 19.8 Å². The van der Waals surface area contributed by atoms with Gasteiger partial charge in [0, 0.05) is 12.8 Å². The quantitative estimate of drug-likeness (QED) is 0.0146. The molecule has 1 aliphatic carbocycles. The molecule has 14 heteroatoms. The number of esters is 2. The zero-order valence-corrected chi connectivity index (χ0v) is 41.9. The molecule has 0 radical (unpaired) electrons. The molecule has 0 aromatic carbocycles. The lowest BCUT2D eigenvalue weighted by atomic mass is 9.85. The fraction of sp³-hybridized carbons (Fsp3) is 0.808. The van der Waals surface area contributed by atoms with Gasteiger partial charge in [0.05, 0.1) is 6.61 Å². The zero-order valence-electron chi connectivity index (χ0n) is 41.0. The maximum Gasteiger partial charge on any atom is 0.472 e. The summed E-state index contributed by atoms with van der Waals surface area (Å²) < 4.78 is 33.6. The first-order chi connectivity index (χ1) is 31.9. The van der Waals surface area contributed by atoms with Gasteiger partial charge in [0.1, 0.15) is 43.2 Å². The van der Waals surface area contributed by atoms with Gasteiger partial charge in [-0.05, 0) is 51.4 Å². The summed E-state index contributed by atoms with van der Waals surface area (Å²) in [4.78, 5) is 35.8. The molecule has 0 aliphatic heterocycles. The minimum atomic E-state index is -5.14. The second kappa shape index (κ2) is 41.8. The summed E-state index contributed by atoms with van der Waals surface area (Å²) in [6, 6.07) is 0. The number of allylic oxidation sites excluding steroid dienone is 8. The Labute approximate surface area is 399 Å². The predicted octanol–water partition coefficient (Wildman–Crippen LogP) is 11.1. The SMILES string of the molecule is CCCCCCCCC/C=C/C/C=C/C/C=C/C/C=C/CCCC(=O)O[C@H](COC(=O)CCCCCCCCCCCCCCCCCC)COP(=O)(O)OC1C(O)C(O)C(O)[C@@H](O)C1O. The Balaban J connectivity index is 2.45. The first kappa shape index (κ1) is 61.8. The topological polar surface area (TPSA) is 210 Å². The molecule has 6 unspecified atom stereocenters. The van der Waals surface area contributed by atoms with E-state index in [1.807, 2.05) is 12.2 Å². The molecule has 0 heterocycles. The molecule has 1 saturated carbocycles. The van der Waals surface area contributed by atoms with E-state index in [9.17, 15) is 44.6 Å². The number of carbonyl (C=O) groups is 2. The first-order valence-electron chi connectivity index (χ1n) is 25.9. The van der Waals surface area contributed by atoms with Gasteiger partial charge in [-0.25, -0.2) is 4.57 Å². The molecule has 0 bridgehead atoms. The van der Waals surface area contributed by atoms with Gasteiger partial charge in [0.2, 0.25) is 0 Å². The predicted molar refractivity (Wildman–Crippen MR) is 263 cm³/mol. The lowest BCUT2D eigenvalue weighted by Gasteiger charge is -2.41. The number of carbonyl (C=O) groups excluding carboxylic acids is 2. The van der Waals surface area contributed by atoms with Crippen LogP contribution in [0.5, 0.6) is 0 Å². The minimum Gasteiger partial charge on any atom is -0.462 e. The van der Waals surface area contributed by atoms with E-state index in [4.69, 9.17) is 18.5 Å². The highest BCUT2D eigenvalue weighted by atomic mass is 31.2. The first-order valence-corrected chi connectivity index (χ1v) is 27.4. The van der Waals surface area contributed by atoms with E-state index in [1.165, 1.54) is 122 Å². The summed E-state index contributed by atoms with van der Waals surface area (Å²) in [7, 11) is -5.14. The van der Waals surface area contributed by atoms with Crippen molar-refractivity contribution in [2.24, 2.45) is 0 Å². The van der Waals surface area contributed by atoms with Gasteiger partial charge in [0.25, 0.3) is 0 Å². The molecule has 0 amide bonds. The summed E-state index contributed by atoms with van der Waals surface area (Å²) in [5, 5.41) is 50.2. The molecule has 0 spiro atoms. The second-order valence-corrected chi connectivity index (χ2v) is 19.4. The molecule has 13 nitrogen and oxygen atoms in total. The van der Waals surface area contributed by atoms with E-state index >= 15 is 0 Å². The molecule has 0 aromatic heterocycles.